The molecule has 1 aromatic carbocycles. The van der Waals surface area contributed by atoms with Crippen LogP contribution in [0.3, 0.4) is 0 Å². The van der Waals surface area contributed by atoms with Gasteiger partial charge in [-0.25, -0.2) is 4.79 Å². The summed E-state index contributed by atoms with van der Waals surface area (Å²) in [6.07, 6.45) is 0.316. The lowest BCUT2D eigenvalue weighted by atomic mass is 10.1. The number of carbonyl (C=O) groups excluding carboxylic acids is 1. The van der Waals surface area contributed by atoms with Gasteiger partial charge in [0.1, 0.15) is 5.60 Å². The summed E-state index contributed by atoms with van der Waals surface area (Å²) in [4.78, 5) is 13.9. The summed E-state index contributed by atoms with van der Waals surface area (Å²) in [6, 6.07) is 5.73. The Balaban J connectivity index is 2.80. The standard InChI is InChI=1S/C19H27NO4/c1-7-8-12-20(18(21)24-19(2,3)4)13-11-15-9-10-16(22-5)17(14-15)23-6/h9-10,14H,11-13H2,1-6H3. The number of nitrogens with zero attached hydrogens (tertiary/aromatic N) is 1. The molecule has 0 heterocycles. The zero-order valence-corrected chi connectivity index (χ0v) is 15.4. The van der Waals surface area contributed by atoms with Gasteiger partial charge in [0.2, 0.25) is 0 Å². The number of rotatable bonds is 6. The van der Waals surface area contributed by atoms with Crippen LogP contribution in [0.2, 0.25) is 0 Å². The predicted octanol–water partition coefficient (Wildman–Crippen LogP) is 3.51. The average molecular weight is 333 g/mol. The zero-order valence-electron chi connectivity index (χ0n) is 15.4. The summed E-state index contributed by atoms with van der Waals surface area (Å²) >= 11 is 0. The van der Waals surface area contributed by atoms with Crippen LogP contribution in [0.4, 0.5) is 4.79 Å². The molecule has 5 heteroatoms. The molecular weight excluding hydrogens is 306 g/mol. The summed E-state index contributed by atoms with van der Waals surface area (Å²) < 4.78 is 16.0. The van der Waals surface area contributed by atoms with Crippen LogP contribution in [0.5, 0.6) is 11.5 Å². The smallest absolute Gasteiger partial charge is 0.411 e. The molecule has 0 aliphatic heterocycles. The Morgan fingerprint density at radius 3 is 2.38 bits per heavy atom. The second kappa shape index (κ2) is 9.07. The quantitative estimate of drug-likeness (QED) is 0.748. The van der Waals surface area contributed by atoms with Gasteiger partial charge in [0, 0.05) is 6.54 Å². The van der Waals surface area contributed by atoms with E-state index < -0.39 is 5.60 Å². The van der Waals surface area contributed by atoms with E-state index in [1.54, 1.807) is 26.0 Å². The van der Waals surface area contributed by atoms with Gasteiger partial charge in [-0.05, 0) is 51.8 Å². The molecule has 0 unspecified atom stereocenters. The van der Waals surface area contributed by atoms with Gasteiger partial charge in [-0.2, -0.15) is 0 Å². The number of carbonyl (C=O) groups is 1. The van der Waals surface area contributed by atoms with Gasteiger partial charge in [0.25, 0.3) is 0 Å². The van der Waals surface area contributed by atoms with Crippen molar-refractivity contribution < 1.29 is 19.0 Å². The SMILES string of the molecule is CC#CCN(CCc1ccc(OC)c(OC)c1)C(=O)OC(C)(C)C. The molecule has 0 saturated heterocycles. The van der Waals surface area contributed by atoms with Crippen molar-refractivity contribution in [2.45, 2.75) is 39.7 Å². The van der Waals surface area contributed by atoms with Crippen LogP contribution in [-0.2, 0) is 11.2 Å². The molecule has 0 fully saturated rings. The maximum Gasteiger partial charge on any atom is 0.411 e. The van der Waals surface area contributed by atoms with E-state index in [0.717, 1.165) is 5.56 Å². The third kappa shape index (κ3) is 6.41. The molecule has 1 rings (SSSR count). The third-order valence-electron chi connectivity index (χ3n) is 3.22. The topological polar surface area (TPSA) is 48.0 Å². The lowest BCUT2D eigenvalue weighted by molar-refractivity contribution is 0.0277. The fourth-order valence-corrected chi connectivity index (χ4v) is 2.04. The van der Waals surface area contributed by atoms with Crippen molar-refractivity contribution in [1.29, 1.82) is 0 Å². The summed E-state index contributed by atoms with van der Waals surface area (Å²) in [5, 5.41) is 0. The van der Waals surface area contributed by atoms with Crippen LogP contribution in [0.25, 0.3) is 0 Å². The van der Waals surface area contributed by atoms with Crippen molar-refractivity contribution in [2.24, 2.45) is 0 Å². The minimum absolute atomic E-state index is 0.346. The number of amides is 1. The van der Waals surface area contributed by atoms with E-state index >= 15 is 0 Å². The Bertz CT molecular complexity index is 608. The van der Waals surface area contributed by atoms with E-state index in [4.69, 9.17) is 14.2 Å². The van der Waals surface area contributed by atoms with Crippen molar-refractivity contribution in [1.82, 2.24) is 4.90 Å². The first kappa shape index (κ1) is 19.7. The van der Waals surface area contributed by atoms with E-state index in [9.17, 15) is 4.79 Å². The van der Waals surface area contributed by atoms with E-state index in [0.29, 0.717) is 31.0 Å². The van der Waals surface area contributed by atoms with Crippen LogP contribution in [0.1, 0.15) is 33.3 Å². The minimum Gasteiger partial charge on any atom is -0.493 e. The van der Waals surface area contributed by atoms with Gasteiger partial charge in [-0.15, -0.1) is 5.92 Å². The van der Waals surface area contributed by atoms with Gasteiger partial charge in [0.05, 0.1) is 20.8 Å². The Morgan fingerprint density at radius 1 is 1.17 bits per heavy atom. The van der Waals surface area contributed by atoms with E-state index in [1.165, 1.54) is 0 Å². The zero-order chi connectivity index (χ0) is 18.2. The monoisotopic (exact) mass is 333 g/mol. The molecule has 0 spiro atoms. The van der Waals surface area contributed by atoms with Crippen LogP contribution in [-0.4, -0.2) is 43.9 Å². The van der Waals surface area contributed by atoms with Crippen LogP contribution in [0.15, 0.2) is 18.2 Å². The second-order valence-corrected chi connectivity index (χ2v) is 6.27. The normalized spacial score (nSPS) is 10.4. The van der Waals surface area contributed by atoms with Crippen LogP contribution >= 0.6 is 0 Å². The molecule has 0 saturated carbocycles. The summed E-state index contributed by atoms with van der Waals surface area (Å²) in [5.74, 6) is 7.09. The van der Waals surface area contributed by atoms with Crippen LogP contribution in [0, 0.1) is 11.8 Å². The van der Waals surface area contributed by atoms with Gasteiger partial charge in [-0.3, -0.25) is 4.90 Å². The summed E-state index contributed by atoms with van der Waals surface area (Å²) in [6.45, 7) is 8.16. The molecule has 1 amide bonds. The highest BCUT2D eigenvalue weighted by atomic mass is 16.6. The number of hydrogen-bond donors (Lipinski definition) is 0. The highest BCUT2D eigenvalue weighted by molar-refractivity contribution is 5.68. The molecule has 0 atom stereocenters. The number of benzene rings is 1. The maximum atomic E-state index is 12.3. The molecule has 24 heavy (non-hydrogen) atoms. The lowest BCUT2D eigenvalue weighted by Crippen LogP contribution is -2.38. The maximum absolute atomic E-state index is 12.3. The van der Waals surface area contributed by atoms with Gasteiger partial charge < -0.3 is 14.2 Å². The molecular formula is C19H27NO4. The molecule has 5 nitrogen and oxygen atoms in total. The molecule has 0 aromatic heterocycles. The van der Waals surface area contributed by atoms with Crippen LogP contribution < -0.4 is 9.47 Å². The third-order valence-corrected chi connectivity index (χ3v) is 3.22. The van der Waals surface area contributed by atoms with E-state index in [2.05, 4.69) is 11.8 Å². The fourth-order valence-electron chi connectivity index (χ4n) is 2.04. The second-order valence-electron chi connectivity index (χ2n) is 6.27. The molecule has 0 bridgehead atoms. The van der Waals surface area contributed by atoms with Gasteiger partial charge in [0.15, 0.2) is 11.5 Å². The Labute approximate surface area is 144 Å². The average Bonchev–Trinajstić information content (AvgIpc) is 2.52. The first-order valence-corrected chi connectivity index (χ1v) is 7.89. The molecule has 0 radical (unpaired) electrons. The Kier molecular flexibility index (Phi) is 7.44. The predicted molar refractivity (Wildman–Crippen MR) is 94.5 cm³/mol. The Hall–Kier alpha value is -2.35. The highest BCUT2D eigenvalue weighted by Crippen LogP contribution is 2.27. The van der Waals surface area contributed by atoms with Crippen molar-refractivity contribution in [3.05, 3.63) is 23.8 Å². The number of methoxy groups -OCH3 is 2. The van der Waals surface area contributed by atoms with Crippen molar-refractivity contribution in [3.8, 4) is 23.3 Å². The molecule has 0 N–H and O–H groups in total. The minimum atomic E-state index is -0.529. The van der Waals surface area contributed by atoms with E-state index in [-0.39, 0.29) is 6.09 Å². The Morgan fingerprint density at radius 2 is 1.83 bits per heavy atom. The van der Waals surface area contributed by atoms with Gasteiger partial charge in [-0.1, -0.05) is 12.0 Å². The molecule has 0 aliphatic carbocycles. The highest BCUT2D eigenvalue weighted by Gasteiger charge is 2.21. The number of ether oxygens (including phenoxy) is 3. The number of hydrogen-bond acceptors (Lipinski definition) is 4. The summed E-state index contributed by atoms with van der Waals surface area (Å²) in [5.41, 5.74) is 0.517. The van der Waals surface area contributed by atoms with Gasteiger partial charge >= 0.3 is 6.09 Å². The summed E-state index contributed by atoms with van der Waals surface area (Å²) in [7, 11) is 3.21. The lowest BCUT2D eigenvalue weighted by Gasteiger charge is -2.26. The fraction of sp³-hybridized carbons (Fsp3) is 0.526. The first-order valence-electron chi connectivity index (χ1n) is 7.89. The largest absolute Gasteiger partial charge is 0.493 e. The van der Waals surface area contributed by atoms with Crippen molar-refractivity contribution in [3.63, 3.8) is 0 Å². The first-order chi connectivity index (χ1) is 11.3. The van der Waals surface area contributed by atoms with Crippen molar-refractivity contribution in [2.75, 3.05) is 27.3 Å². The molecule has 0 aliphatic rings. The molecule has 132 valence electrons. The van der Waals surface area contributed by atoms with Crippen molar-refractivity contribution >= 4 is 6.09 Å². The van der Waals surface area contributed by atoms with E-state index in [1.807, 2.05) is 39.0 Å². The molecule has 1 aromatic rings.